The van der Waals surface area contributed by atoms with Crippen LogP contribution in [0.5, 0.6) is 28.7 Å². The Kier molecular flexibility index (Phi) is 6.12. The molecule has 0 aliphatic heterocycles. The minimum atomic E-state index is 0.0751. The van der Waals surface area contributed by atoms with E-state index in [1.54, 1.807) is 36.4 Å². The lowest BCUT2D eigenvalue weighted by Gasteiger charge is -2.30. The molecule has 4 rings (SSSR count). The molecule has 0 aliphatic rings. The first-order valence-electron chi connectivity index (χ1n) is 11.1. The molecule has 0 bridgehead atoms. The summed E-state index contributed by atoms with van der Waals surface area (Å²) in [5.74, 6) is 1.30. The summed E-state index contributed by atoms with van der Waals surface area (Å²) in [5, 5.41) is 32.0. The Morgan fingerprint density at radius 2 is 1.12 bits per heavy atom. The smallest absolute Gasteiger partial charge is 0.171 e. The molecular formula is C29H29NO4. The second kappa shape index (κ2) is 9.02. The SMILES string of the molecule is Cc1cc(C)c(N(c2ccc(Oc3c(C)cccc3O)cc2)c2c(C)cc(C)cc2O)c(O)c1. The molecule has 0 saturated heterocycles. The third kappa shape index (κ3) is 4.37. The summed E-state index contributed by atoms with van der Waals surface area (Å²) < 4.78 is 5.95. The van der Waals surface area contributed by atoms with E-state index in [4.69, 9.17) is 4.74 Å². The number of hydrogen-bond acceptors (Lipinski definition) is 5. The van der Waals surface area contributed by atoms with Gasteiger partial charge in [0.1, 0.15) is 17.2 Å². The maximum absolute atomic E-state index is 10.9. The van der Waals surface area contributed by atoms with Gasteiger partial charge in [-0.3, -0.25) is 0 Å². The van der Waals surface area contributed by atoms with Crippen molar-refractivity contribution in [2.75, 3.05) is 4.90 Å². The van der Waals surface area contributed by atoms with Gasteiger partial charge >= 0.3 is 0 Å². The lowest BCUT2D eigenvalue weighted by atomic mass is 10.0. The Hall–Kier alpha value is -4.12. The van der Waals surface area contributed by atoms with E-state index in [-0.39, 0.29) is 17.2 Å². The number of phenols is 3. The average molecular weight is 456 g/mol. The van der Waals surface area contributed by atoms with Crippen molar-refractivity contribution in [3.8, 4) is 28.7 Å². The van der Waals surface area contributed by atoms with E-state index in [9.17, 15) is 15.3 Å². The third-order valence-corrected chi connectivity index (χ3v) is 5.80. The number of nitrogens with zero attached hydrogens (tertiary/aromatic N) is 1. The summed E-state index contributed by atoms with van der Waals surface area (Å²) in [7, 11) is 0. The predicted octanol–water partition coefficient (Wildman–Crippen LogP) is 7.61. The van der Waals surface area contributed by atoms with E-state index < -0.39 is 0 Å². The van der Waals surface area contributed by atoms with Crippen LogP contribution in [-0.2, 0) is 0 Å². The van der Waals surface area contributed by atoms with Gasteiger partial charge in [-0.15, -0.1) is 0 Å². The van der Waals surface area contributed by atoms with Gasteiger partial charge < -0.3 is 25.0 Å². The summed E-state index contributed by atoms with van der Waals surface area (Å²) in [6.45, 7) is 9.62. The lowest BCUT2D eigenvalue weighted by molar-refractivity contribution is 0.409. The first-order valence-corrected chi connectivity index (χ1v) is 11.1. The Balaban J connectivity index is 1.84. The number of para-hydroxylation sites is 1. The molecule has 0 fully saturated rings. The number of anilines is 3. The quantitative estimate of drug-likeness (QED) is 0.289. The molecule has 0 saturated carbocycles. The van der Waals surface area contributed by atoms with Crippen molar-refractivity contribution in [1.82, 2.24) is 0 Å². The van der Waals surface area contributed by atoms with Crippen LogP contribution in [-0.4, -0.2) is 15.3 Å². The van der Waals surface area contributed by atoms with Crippen molar-refractivity contribution in [3.63, 3.8) is 0 Å². The van der Waals surface area contributed by atoms with E-state index in [1.807, 2.05) is 69.9 Å². The molecular weight excluding hydrogens is 426 g/mol. The highest BCUT2D eigenvalue weighted by Crippen LogP contribution is 2.47. The van der Waals surface area contributed by atoms with Gasteiger partial charge in [-0.2, -0.15) is 0 Å². The summed E-state index contributed by atoms with van der Waals surface area (Å²) in [4.78, 5) is 1.86. The predicted molar refractivity (Wildman–Crippen MR) is 136 cm³/mol. The van der Waals surface area contributed by atoms with Crippen molar-refractivity contribution < 1.29 is 20.1 Å². The first-order chi connectivity index (χ1) is 16.2. The molecule has 5 heteroatoms. The van der Waals surface area contributed by atoms with Gasteiger partial charge in [-0.25, -0.2) is 0 Å². The minimum absolute atomic E-state index is 0.0751. The minimum Gasteiger partial charge on any atom is -0.506 e. The van der Waals surface area contributed by atoms with Gasteiger partial charge in [0.15, 0.2) is 11.5 Å². The fourth-order valence-electron chi connectivity index (χ4n) is 4.38. The van der Waals surface area contributed by atoms with Crippen molar-refractivity contribution in [3.05, 3.63) is 94.5 Å². The van der Waals surface area contributed by atoms with E-state index in [0.29, 0.717) is 22.9 Å². The van der Waals surface area contributed by atoms with Crippen LogP contribution in [0.25, 0.3) is 0 Å². The molecule has 4 aromatic rings. The molecule has 0 radical (unpaired) electrons. The maximum Gasteiger partial charge on any atom is 0.171 e. The number of ether oxygens (including phenoxy) is 1. The van der Waals surface area contributed by atoms with E-state index in [1.165, 1.54) is 0 Å². The van der Waals surface area contributed by atoms with Gasteiger partial charge in [0.05, 0.1) is 11.4 Å². The number of aryl methyl sites for hydroxylation is 5. The topological polar surface area (TPSA) is 73.2 Å². The fraction of sp³-hybridized carbons (Fsp3) is 0.172. The standard InChI is InChI=1S/C29H29NO4/c1-17-13-20(4)27(25(32)15-17)30(28-21(5)14-18(2)16-26(28)33)22-9-11-23(12-10-22)34-29-19(3)7-6-8-24(29)31/h6-16,31-33H,1-5H3. The van der Waals surface area contributed by atoms with Crippen molar-refractivity contribution >= 4 is 17.1 Å². The molecule has 3 N–H and O–H groups in total. The third-order valence-electron chi connectivity index (χ3n) is 5.80. The zero-order valence-electron chi connectivity index (χ0n) is 20.0. The van der Waals surface area contributed by atoms with E-state index in [2.05, 4.69) is 0 Å². The highest BCUT2D eigenvalue weighted by Gasteiger charge is 2.23. The second-order valence-corrected chi connectivity index (χ2v) is 8.75. The monoisotopic (exact) mass is 455 g/mol. The molecule has 34 heavy (non-hydrogen) atoms. The van der Waals surface area contributed by atoms with Gasteiger partial charge in [0.2, 0.25) is 0 Å². The molecule has 4 aromatic carbocycles. The summed E-state index contributed by atoms with van der Waals surface area (Å²) in [5.41, 5.74) is 6.41. The Labute approximate surface area is 200 Å². The van der Waals surface area contributed by atoms with E-state index >= 15 is 0 Å². The highest BCUT2D eigenvalue weighted by molar-refractivity contribution is 5.86. The Morgan fingerprint density at radius 1 is 0.588 bits per heavy atom. The van der Waals surface area contributed by atoms with Crippen LogP contribution in [0.15, 0.2) is 66.7 Å². The number of phenolic OH excluding ortho intramolecular Hbond substituents is 3. The number of aromatic hydroxyl groups is 3. The molecule has 0 amide bonds. The molecule has 0 aliphatic carbocycles. The largest absolute Gasteiger partial charge is 0.506 e. The molecule has 0 heterocycles. The zero-order valence-corrected chi connectivity index (χ0v) is 20.0. The van der Waals surface area contributed by atoms with Gasteiger partial charge in [-0.05, 0) is 105 Å². The maximum atomic E-state index is 10.9. The highest BCUT2D eigenvalue weighted by atomic mass is 16.5. The molecule has 0 spiro atoms. The molecule has 0 unspecified atom stereocenters. The summed E-state index contributed by atoms with van der Waals surface area (Å²) in [6, 6.07) is 20.0. The van der Waals surface area contributed by atoms with Crippen molar-refractivity contribution in [2.45, 2.75) is 34.6 Å². The average Bonchev–Trinajstić information content (AvgIpc) is 2.74. The van der Waals surface area contributed by atoms with Crippen LogP contribution < -0.4 is 9.64 Å². The first kappa shape index (κ1) is 23.1. The number of benzene rings is 4. The van der Waals surface area contributed by atoms with Crippen molar-refractivity contribution in [2.24, 2.45) is 0 Å². The normalized spacial score (nSPS) is 10.9. The van der Waals surface area contributed by atoms with Gasteiger partial charge in [-0.1, -0.05) is 24.3 Å². The Morgan fingerprint density at radius 3 is 1.59 bits per heavy atom. The van der Waals surface area contributed by atoms with Gasteiger partial charge in [0.25, 0.3) is 0 Å². The summed E-state index contributed by atoms with van der Waals surface area (Å²) in [6.07, 6.45) is 0. The van der Waals surface area contributed by atoms with Crippen LogP contribution >= 0.6 is 0 Å². The van der Waals surface area contributed by atoms with Gasteiger partial charge in [0, 0.05) is 5.69 Å². The van der Waals surface area contributed by atoms with E-state index in [0.717, 1.165) is 33.5 Å². The fourth-order valence-corrected chi connectivity index (χ4v) is 4.38. The molecule has 0 aromatic heterocycles. The number of rotatable bonds is 5. The van der Waals surface area contributed by atoms with Crippen LogP contribution in [0, 0.1) is 34.6 Å². The second-order valence-electron chi connectivity index (χ2n) is 8.75. The lowest BCUT2D eigenvalue weighted by Crippen LogP contribution is -2.13. The molecule has 5 nitrogen and oxygen atoms in total. The van der Waals surface area contributed by atoms with Crippen LogP contribution in [0.2, 0.25) is 0 Å². The molecule has 0 atom stereocenters. The summed E-state index contributed by atoms with van der Waals surface area (Å²) >= 11 is 0. The van der Waals surface area contributed by atoms with Crippen LogP contribution in [0.1, 0.15) is 27.8 Å². The van der Waals surface area contributed by atoms with Crippen molar-refractivity contribution in [1.29, 1.82) is 0 Å². The molecule has 174 valence electrons. The van der Waals surface area contributed by atoms with Crippen LogP contribution in [0.3, 0.4) is 0 Å². The van der Waals surface area contributed by atoms with Crippen LogP contribution in [0.4, 0.5) is 17.1 Å². The zero-order chi connectivity index (χ0) is 24.6. The number of hydrogen-bond donors (Lipinski definition) is 3. The Bertz CT molecular complexity index is 1240.